The Morgan fingerprint density at radius 3 is 2.79 bits per heavy atom. The predicted octanol–water partition coefficient (Wildman–Crippen LogP) is 1.85. The van der Waals surface area contributed by atoms with Gasteiger partial charge in [0.2, 0.25) is 0 Å². The van der Waals surface area contributed by atoms with Crippen LogP contribution in [-0.4, -0.2) is 16.8 Å². The molecule has 0 heterocycles. The van der Waals surface area contributed by atoms with Gasteiger partial charge in [-0.3, -0.25) is 0 Å². The number of aliphatic hydroxyl groups is 2. The van der Waals surface area contributed by atoms with Crippen LogP contribution in [-0.2, 0) is 0 Å². The van der Waals surface area contributed by atoms with Crippen LogP contribution in [0, 0.1) is 0 Å². The van der Waals surface area contributed by atoms with E-state index in [1.54, 1.807) is 18.2 Å². The summed E-state index contributed by atoms with van der Waals surface area (Å²) < 4.78 is 5.42. The minimum Gasteiger partial charge on any atom is -0.494 e. The lowest BCUT2D eigenvalue weighted by Gasteiger charge is -2.08. The summed E-state index contributed by atoms with van der Waals surface area (Å²) >= 11 is 0. The number of hydrogen-bond acceptors (Lipinski definition) is 3. The number of unbranched alkanes of at least 4 members (excludes halogenated alkanes) is 1. The third kappa shape index (κ3) is 3.36. The summed E-state index contributed by atoms with van der Waals surface area (Å²) in [6.07, 6.45) is 0.665. The Balaban J connectivity index is 2.55. The van der Waals surface area contributed by atoms with Crippen LogP contribution in [0.3, 0.4) is 0 Å². The van der Waals surface area contributed by atoms with E-state index in [1.807, 2.05) is 6.07 Å². The Bertz CT molecular complexity index is 271. The summed E-state index contributed by atoms with van der Waals surface area (Å²) in [4.78, 5) is 0. The van der Waals surface area contributed by atoms with Gasteiger partial charge in [0.15, 0.2) is 6.29 Å². The first-order chi connectivity index (χ1) is 6.74. The van der Waals surface area contributed by atoms with Gasteiger partial charge < -0.3 is 14.9 Å². The molecule has 0 spiro atoms. The smallest absolute Gasteiger partial charge is 0.178 e. The van der Waals surface area contributed by atoms with E-state index in [2.05, 4.69) is 6.92 Å². The predicted molar refractivity (Wildman–Crippen MR) is 54.0 cm³/mol. The van der Waals surface area contributed by atoms with Crippen molar-refractivity contribution in [2.45, 2.75) is 26.1 Å². The molecule has 78 valence electrons. The van der Waals surface area contributed by atoms with Gasteiger partial charge in [0, 0.05) is 5.56 Å². The molecule has 1 aromatic rings. The molecular formula is C11H16O3. The molecule has 2 N–H and O–H groups in total. The molecule has 0 atom stereocenters. The van der Waals surface area contributed by atoms with Crippen molar-refractivity contribution in [3.8, 4) is 5.75 Å². The average molecular weight is 196 g/mol. The van der Waals surface area contributed by atoms with E-state index in [0.29, 0.717) is 17.9 Å². The molecule has 0 saturated carbocycles. The zero-order valence-corrected chi connectivity index (χ0v) is 8.31. The first kappa shape index (κ1) is 11.0. The fourth-order valence-electron chi connectivity index (χ4n) is 1.10. The standard InChI is InChI=1S/C11H16O3/c1-2-3-7-14-10-6-4-5-9(8-10)11(12)13/h4-6,8,11-13H,2-3,7H2,1H3. The van der Waals surface area contributed by atoms with Gasteiger partial charge >= 0.3 is 0 Å². The van der Waals surface area contributed by atoms with Crippen LogP contribution >= 0.6 is 0 Å². The Labute approximate surface area is 84.0 Å². The molecular weight excluding hydrogens is 180 g/mol. The monoisotopic (exact) mass is 196 g/mol. The van der Waals surface area contributed by atoms with E-state index in [-0.39, 0.29) is 0 Å². The molecule has 0 aromatic heterocycles. The van der Waals surface area contributed by atoms with Gasteiger partial charge in [-0.25, -0.2) is 0 Å². The van der Waals surface area contributed by atoms with Crippen LogP contribution in [0.25, 0.3) is 0 Å². The van der Waals surface area contributed by atoms with Crippen molar-refractivity contribution in [1.29, 1.82) is 0 Å². The molecule has 0 unspecified atom stereocenters. The van der Waals surface area contributed by atoms with Gasteiger partial charge in [-0.1, -0.05) is 25.5 Å². The number of hydrogen-bond donors (Lipinski definition) is 2. The Kier molecular flexibility index (Phi) is 4.43. The van der Waals surface area contributed by atoms with Gasteiger partial charge in [-0.05, 0) is 18.6 Å². The van der Waals surface area contributed by atoms with Crippen molar-refractivity contribution in [2.75, 3.05) is 6.61 Å². The van der Waals surface area contributed by atoms with Gasteiger partial charge in [-0.2, -0.15) is 0 Å². The van der Waals surface area contributed by atoms with E-state index in [0.717, 1.165) is 12.8 Å². The maximum atomic E-state index is 8.92. The van der Waals surface area contributed by atoms with Gasteiger partial charge in [0.1, 0.15) is 5.75 Å². The molecule has 0 radical (unpaired) electrons. The molecule has 3 nitrogen and oxygen atoms in total. The zero-order valence-electron chi connectivity index (χ0n) is 8.31. The minimum atomic E-state index is -1.43. The highest BCUT2D eigenvalue weighted by Gasteiger charge is 2.02. The van der Waals surface area contributed by atoms with Crippen LogP contribution in [0.1, 0.15) is 31.6 Å². The third-order valence-corrected chi connectivity index (χ3v) is 1.92. The Hall–Kier alpha value is -1.06. The highest BCUT2D eigenvalue weighted by atomic mass is 16.5. The van der Waals surface area contributed by atoms with E-state index in [4.69, 9.17) is 14.9 Å². The summed E-state index contributed by atoms with van der Waals surface area (Å²) in [6, 6.07) is 6.84. The number of benzene rings is 1. The molecule has 0 saturated heterocycles. The molecule has 0 fully saturated rings. The van der Waals surface area contributed by atoms with Crippen molar-refractivity contribution in [2.24, 2.45) is 0 Å². The van der Waals surface area contributed by atoms with Crippen molar-refractivity contribution in [1.82, 2.24) is 0 Å². The molecule has 1 aromatic carbocycles. The molecule has 0 aliphatic rings. The molecule has 0 aliphatic carbocycles. The Morgan fingerprint density at radius 1 is 1.36 bits per heavy atom. The summed E-state index contributed by atoms with van der Waals surface area (Å²) in [5, 5.41) is 17.8. The largest absolute Gasteiger partial charge is 0.494 e. The van der Waals surface area contributed by atoms with Crippen LogP contribution in [0.15, 0.2) is 24.3 Å². The first-order valence-electron chi connectivity index (χ1n) is 4.83. The lowest BCUT2D eigenvalue weighted by molar-refractivity contribution is -0.0426. The number of ether oxygens (including phenoxy) is 1. The molecule has 0 bridgehead atoms. The lowest BCUT2D eigenvalue weighted by atomic mass is 10.2. The van der Waals surface area contributed by atoms with E-state index < -0.39 is 6.29 Å². The summed E-state index contributed by atoms with van der Waals surface area (Å²) in [6.45, 7) is 2.76. The average Bonchev–Trinajstić information content (AvgIpc) is 2.19. The molecule has 3 heteroatoms. The van der Waals surface area contributed by atoms with Crippen molar-refractivity contribution >= 4 is 0 Å². The fourth-order valence-corrected chi connectivity index (χ4v) is 1.10. The van der Waals surface area contributed by atoms with Crippen LogP contribution in [0.5, 0.6) is 5.75 Å². The number of rotatable bonds is 5. The molecule has 0 amide bonds. The van der Waals surface area contributed by atoms with Crippen LogP contribution < -0.4 is 4.74 Å². The second-order valence-corrected chi connectivity index (χ2v) is 3.15. The second kappa shape index (κ2) is 5.62. The third-order valence-electron chi connectivity index (χ3n) is 1.92. The second-order valence-electron chi connectivity index (χ2n) is 3.15. The summed E-state index contributed by atoms with van der Waals surface area (Å²) in [5.41, 5.74) is 0.457. The maximum Gasteiger partial charge on any atom is 0.178 e. The van der Waals surface area contributed by atoms with Crippen molar-refractivity contribution in [3.63, 3.8) is 0 Å². The quantitative estimate of drug-likeness (QED) is 0.558. The molecule has 14 heavy (non-hydrogen) atoms. The highest BCUT2D eigenvalue weighted by molar-refractivity contribution is 5.28. The zero-order chi connectivity index (χ0) is 10.4. The van der Waals surface area contributed by atoms with Crippen LogP contribution in [0.2, 0.25) is 0 Å². The normalized spacial score (nSPS) is 10.6. The first-order valence-corrected chi connectivity index (χ1v) is 4.83. The maximum absolute atomic E-state index is 8.92. The van der Waals surface area contributed by atoms with Crippen molar-refractivity contribution < 1.29 is 14.9 Å². The lowest BCUT2D eigenvalue weighted by Crippen LogP contribution is -1.99. The van der Waals surface area contributed by atoms with Gasteiger partial charge in [0.25, 0.3) is 0 Å². The van der Waals surface area contributed by atoms with E-state index >= 15 is 0 Å². The fraction of sp³-hybridized carbons (Fsp3) is 0.455. The molecule has 1 rings (SSSR count). The van der Waals surface area contributed by atoms with Gasteiger partial charge in [0.05, 0.1) is 6.61 Å². The van der Waals surface area contributed by atoms with E-state index in [1.165, 1.54) is 0 Å². The van der Waals surface area contributed by atoms with Gasteiger partial charge in [-0.15, -0.1) is 0 Å². The number of aliphatic hydroxyl groups excluding tert-OH is 1. The Morgan fingerprint density at radius 2 is 2.14 bits per heavy atom. The van der Waals surface area contributed by atoms with E-state index in [9.17, 15) is 0 Å². The topological polar surface area (TPSA) is 49.7 Å². The minimum absolute atomic E-state index is 0.457. The highest BCUT2D eigenvalue weighted by Crippen LogP contribution is 2.17. The van der Waals surface area contributed by atoms with Crippen molar-refractivity contribution in [3.05, 3.63) is 29.8 Å². The SMILES string of the molecule is CCCCOc1cccc(C(O)O)c1. The summed E-state index contributed by atoms with van der Waals surface area (Å²) in [5.74, 6) is 0.684. The molecule has 0 aliphatic heterocycles. The summed E-state index contributed by atoms with van der Waals surface area (Å²) in [7, 11) is 0. The van der Waals surface area contributed by atoms with Crippen LogP contribution in [0.4, 0.5) is 0 Å².